The summed E-state index contributed by atoms with van der Waals surface area (Å²) in [5.41, 5.74) is 6.56. The molecule has 5 heteroatoms. The van der Waals surface area contributed by atoms with Gasteiger partial charge in [-0.2, -0.15) is 11.8 Å². The summed E-state index contributed by atoms with van der Waals surface area (Å²) >= 11 is 1.89. The Bertz CT molecular complexity index is 501. The van der Waals surface area contributed by atoms with Gasteiger partial charge in [0, 0.05) is 24.2 Å². The molecule has 1 aliphatic heterocycles. The van der Waals surface area contributed by atoms with Crippen molar-refractivity contribution in [1.29, 1.82) is 0 Å². The number of hydrogen-bond acceptors (Lipinski definition) is 4. The van der Waals surface area contributed by atoms with Crippen LogP contribution in [0.2, 0.25) is 0 Å². The van der Waals surface area contributed by atoms with E-state index in [9.17, 15) is 4.79 Å². The maximum Gasteiger partial charge on any atom is 0.252 e. The molecule has 100 valence electrons. The van der Waals surface area contributed by atoms with Crippen molar-refractivity contribution >= 4 is 17.7 Å². The van der Waals surface area contributed by atoms with E-state index >= 15 is 0 Å². The molecule has 0 spiro atoms. The SMILES string of the molecule is NCC#Cc1cnccc1C(=O)NC1CCCSC1. The average molecular weight is 275 g/mol. The monoisotopic (exact) mass is 275 g/mol. The third-order valence-electron chi connectivity index (χ3n) is 2.89. The molecule has 0 bridgehead atoms. The quantitative estimate of drug-likeness (QED) is 0.791. The molecule has 0 saturated carbocycles. The predicted molar refractivity (Wildman–Crippen MR) is 78.0 cm³/mol. The highest BCUT2D eigenvalue weighted by Crippen LogP contribution is 2.17. The van der Waals surface area contributed by atoms with E-state index in [1.54, 1.807) is 18.5 Å². The molecule has 1 unspecified atom stereocenters. The summed E-state index contributed by atoms with van der Waals surface area (Å²) in [5, 5.41) is 3.07. The Morgan fingerprint density at radius 2 is 2.53 bits per heavy atom. The Morgan fingerprint density at radius 3 is 3.26 bits per heavy atom. The highest BCUT2D eigenvalue weighted by Gasteiger charge is 2.18. The zero-order valence-corrected chi connectivity index (χ0v) is 11.5. The van der Waals surface area contributed by atoms with Crippen LogP contribution in [0.25, 0.3) is 0 Å². The molecule has 1 saturated heterocycles. The minimum absolute atomic E-state index is 0.0729. The number of rotatable bonds is 2. The van der Waals surface area contributed by atoms with Gasteiger partial charge in [-0.05, 0) is 24.7 Å². The fourth-order valence-electron chi connectivity index (χ4n) is 1.96. The number of hydrogen-bond donors (Lipinski definition) is 2. The zero-order chi connectivity index (χ0) is 13.5. The van der Waals surface area contributed by atoms with Crippen molar-refractivity contribution in [3.63, 3.8) is 0 Å². The normalized spacial score (nSPS) is 18.3. The molecule has 19 heavy (non-hydrogen) atoms. The van der Waals surface area contributed by atoms with Gasteiger partial charge in [0.25, 0.3) is 5.91 Å². The van der Waals surface area contributed by atoms with Gasteiger partial charge in [-0.15, -0.1) is 0 Å². The number of pyridine rings is 1. The largest absolute Gasteiger partial charge is 0.348 e. The zero-order valence-electron chi connectivity index (χ0n) is 10.7. The second-order valence-electron chi connectivity index (χ2n) is 4.31. The van der Waals surface area contributed by atoms with Crippen molar-refractivity contribution in [3.8, 4) is 11.8 Å². The van der Waals surface area contributed by atoms with Crippen molar-refractivity contribution in [1.82, 2.24) is 10.3 Å². The van der Waals surface area contributed by atoms with Crippen LogP contribution in [0.3, 0.4) is 0 Å². The minimum Gasteiger partial charge on any atom is -0.348 e. The topological polar surface area (TPSA) is 68.0 Å². The van der Waals surface area contributed by atoms with Crippen molar-refractivity contribution in [2.45, 2.75) is 18.9 Å². The van der Waals surface area contributed by atoms with Crippen LogP contribution in [0.4, 0.5) is 0 Å². The first-order chi connectivity index (χ1) is 9.31. The summed E-state index contributed by atoms with van der Waals surface area (Å²) in [6, 6.07) is 1.96. The molecule has 0 aliphatic carbocycles. The lowest BCUT2D eigenvalue weighted by Crippen LogP contribution is -2.38. The lowest BCUT2D eigenvalue weighted by Gasteiger charge is -2.22. The fourth-order valence-corrected chi connectivity index (χ4v) is 3.03. The number of nitrogens with zero attached hydrogens (tertiary/aromatic N) is 1. The number of carbonyl (C=O) groups excluding carboxylic acids is 1. The van der Waals surface area contributed by atoms with Crippen LogP contribution in [0.5, 0.6) is 0 Å². The van der Waals surface area contributed by atoms with Crippen LogP contribution in [0, 0.1) is 11.8 Å². The van der Waals surface area contributed by atoms with E-state index in [4.69, 9.17) is 5.73 Å². The Labute approximate surface area is 117 Å². The molecule has 1 fully saturated rings. The van der Waals surface area contributed by atoms with Crippen LogP contribution >= 0.6 is 11.8 Å². The van der Waals surface area contributed by atoms with E-state index in [2.05, 4.69) is 22.1 Å². The lowest BCUT2D eigenvalue weighted by atomic mass is 10.1. The summed E-state index contributed by atoms with van der Waals surface area (Å²) in [6.45, 7) is 0.273. The first-order valence-electron chi connectivity index (χ1n) is 6.33. The van der Waals surface area contributed by atoms with Crippen molar-refractivity contribution in [2.24, 2.45) is 5.73 Å². The van der Waals surface area contributed by atoms with Crippen LogP contribution in [0.15, 0.2) is 18.5 Å². The minimum atomic E-state index is -0.0729. The van der Waals surface area contributed by atoms with Crippen molar-refractivity contribution < 1.29 is 4.79 Å². The highest BCUT2D eigenvalue weighted by atomic mass is 32.2. The number of nitrogens with two attached hydrogens (primary N) is 1. The molecule has 0 aromatic carbocycles. The van der Waals surface area contributed by atoms with Gasteiger partial charge in [-0.3, -0.25) is 9.78 Å². The average Bonchev–Trinajstić information content (AvgIpc) is 2.46. The van der Waals surface area contributed by atoms with Gasteiger partial charge in [0.15, 0.2) is 0 Å². The molecule has 1 atom stereocenters. The van der Waals surface area contributed by atoms with E-state index < -0.39 is 0 Å². The van der Waals surface area contributed by atoms with Gasteiger partial charge in [-0.25, -0.2) is 0 Å². The van der Waals surface area contributed by atoms with Gasteiger partial charge in [0.2, 0.25) is 0 Å². The summed E-state index contributed by atoms with van der Waals surface area (Å²) in [7, 11) is 0. The molecule has 3 N–H and O–H groups in total. The number of amides is 1. The van der Waals surface area contributed by atoms with Crippen LogP contribution in [-0.2, 0) is 0 Å². The van der Waals surface area contributed by atoms with E-state index in [0.717, 1.165) is 18.6 Å². The van der Waals surface area contributed by atoms with Gasteiger partial charge in [0.1, 0.15) is 0 Å². The first-order valence-corrected chi connectivity index (χ1v) is 7.48. The van der Waals surface area contributed by atoms with E-state index in [1.165, 1.54) is 5.75 Å². The second-order valence-corrected chi connectivity index (χ2v) is 5.46. The molecule has 1 amide bonds. The number of nitrogens with one attached hydrogen (secondary N) is 1. The molecule has 2 rings (SSSR count). The van der Waals surface area contributed by atoms with E-state index in [1.807, 2.05) is 11.8 Å². The summed E-state index contributed by atoms with van der Waals surface area (Å²) in [6.07, 6.45) is 5.42. The lowest BCUT2D eigenvalue weighted by molar-refractivity contribution is 0.0938. The summed E-state index contributed by atoms with van der Waals surface area (Å²) < 4.78 is 0. The molecule has 2 heterocycles. The molecule has 1 aromatic rings. The molecular weight excluding hydrogens is 258 g/mol. The number of carbonyl (C=O) groups is 1. The van der Waals surface area contributed by atoms with Crippen LogP contribution < -0.4 is 11.1 Å². The van der Waals surface area contributed by atoms with Gasteiger partial charge in [0.05, 0.1) is 17.7 Å². The number of thioether (sulfide) groups is 1. The fraction of sp³-hybridized carbons (Fsp3) is 0.429. The predicted octanol–water partition coefficient (Wildman–Crippen LogP) is 1.02. The Hall–Kier alpha value is -1.51. The third-order valence-corrected chi connectivity index (χ3v) is 4.10. The Morgan fingerprint density at radius 1 is 1.63 bits per heavy atom. The molecular formula is C14H17N3OS. The Balaban J connectivity index is 2.09. The smallest absolute Gasteiger partial charge is 0.252 e. The highest BCUT2D eigenvalue weighted by molar-refractivity contribution is 7.99. The maximum absolute atomic E-state index is 12.2. The molecule has 4 nitrogen and oxygen atoms in total. The summed E-state index contributed by atoms with van der Waals surface area (Å²) in [4.78, 5) is 16.2. The van der Waals surface area contributed by atoms with Gasteiger partial charge < -0.3 is 11.1 Å². The second kappa shape index (κ2) is 7.17. The van der Waals surface area contributed by atoms with E-state index in [-0.39, 0.29) is 18.5 Å². The molecule has 1 aliphatic rings. The standard InChI is InChI=1S/C14H17N3OS/c15-6-1-3-11-9-16-7-5-13(11)14(18)17-12-4-2-8-19-10-12/h5,7,9,12H,2,4,6,8,10,15H2,(H,17,18). The van der Waals surface area contributed by atoms with Crippen LogP contribution in [0.1, 0.15) is 28.8 Å². The van der Waals surface area contributed by atoms with Gasteiger partial charge >= 0.3 is 0 Å². The maximum atomic E-state index is 12.2. The molecule has 0 radical (unpaired) electrons. The van der Waals surface area contributed by atoms with Crippen molar-refractivity contribution in [3.05, 3.63) is 29.6 Å². The summed E-state index contributed by atoms with van der Waals surface area (Å²) in [5.74, 6) is 7.75. The number of aromatic nitrogens is 1. The Kier molecular flexibility index (Phi) is 5.25. The van der Waals surface area contributed by atoms with Gasteiger partial charge in [-0.1, -0.05) is 11.8 Å². The van der Waals surface area contributed by atoms with E-state index in [0.29, 0.717) is 11.1 Å². The third kappa shape index (κ3) is 3.98. The first kappa shape index (κ1) is 13.9. The van der Waals surface area contributed by atoms with Crippen LogP contribution in [-0.4, -0.2) is 35.0 Å². The molecule has 1 aromatic heterocycles. The van der Waals surface area contributed by atoms with Crippen molar-refractivity contribution in [2.75, 3.05) is 18.1 Å².